The molecule has 2 N–H and O–H groups in total. The topological polar surface area (TPSA) is 56.7 Å². The second kappa shape index (κ2) is 4.73. The minimum atomic E-state index is -0.706. The number of pyridine rings is 1. The first-order chi connectivity index (χ1) is 9.66. The molecule has 0 bridgehead atoms. The fourth-order valence-corrected chi connectivity index (χ4v) is 1.91. The van der Waals surface area contributed by atoms with Crippen LogP contribution in [-0.4, -0.2) is 14.8 Å². The fraction of sp³-hybridized carbons (Fsp3) is 0. The van der Waals surface area contributed by atoms with Gasteiger partial charge in [0, 0.05) is 6.20 Å². The zero-order chi connectivity index (χ0) is 14.1. The van der Waals surface area contributed by atoms with E-state index in [1.54, 1.807) is 24.4 Å². The number of nitrogen functional groups attached to an aromatic ring is 1. The number of benzene rings is 1. The summed E-state index contributed by atoms with van der Waals surface area (Å²) in [5.41, 5.74) is 5.81. The van der Waals surface area contributed by atoms with E-state index in [4.69, 9.17) is 5.73 Å². The lowest BCUT2D eigenvalue weighted by Gasteiger charge is -2.02. The lowest BCUT2D eigenvalue weighted by Crippen LogP contribution is -1.98. The largest absolute Gasteiger partial charge is 0.396 e. The molecule has 4 nitrogen and oxygen atoms in total. The van der Waals surface area contributed by atoms with E-state index >= 15 is 0 Å². The van der Waals surface area contributed by atoms with E-state index in [0.29, 0.717) is 5.82 Å². The highest BCUT2D eigenvalue weighted by Crippen LogP contribution is 2.29. The van der Waals surface area contributed by atoms with Crippen LogP contribution in [0.1, 0.15) is 0 Å². The maximum Gasteiger partial charge on any atom is 0.153 e. The molecular formula is C14H10F2N4. The maximum atomic E-state index is 13.8. The summed E-state index contributed by atoms with van der Waals surface area (Å²) in [6.45, 7) is 0. The normalized spacial score (nSPS) is 10.7. The summed E-state index contributed by atoms with van der Waals surface area (Å²) >= 11 is 0. The first kappa shape index (κ1) is 12.3. The predicted octanol–water partition coefficient (Wildman–Crippen LogP) is 2.79. The summed E-state index contributed by atoms with van der Waals surface area (Å²) in [6, 6.07) is 8.88. The summed E-state index contributed by atoms with van der Waals surface area (Å²) in [5.74, 6) is -0.895. The Hall–Kier alpha value is -2.76. The highest BCUT2D eigenvalue weighted by molar-refractivity contribution is 5.73. The van der Waals surface area contributed by atoms with E-state index in [2.05, 4.69) is 10.1 Å². The van der Waals surface area contributed by atoms with Crippen molar-refractivity contribution in [2.24, 2.45) is 0 Å². The molecule has 1 aromatic carbocycles. The van der Waals surface area contributed by atoms with Crippen LogP contribution in [0.2, 0.25) is 0 Å². The highest BCUT2D eigenvalue weighted by atomic mass is 19.1. The molecule has 6 heteroatoms. The molecule has 0 unspecified atom stereocenters. The molecule has 0 aliphatic carbocycles. The van der Waals surface area contributed by atoms with Crippen LogP contribution < -0.4 is 5.73 Å². The van der Waals surface area contributed by atoms with Gasteiger partial charge in [-0.15, -0.1) is 0 Å². The van der Waals surface area contributed by atoms with Crippen molar-refractivity contribution in [3.8, 4) is 17.1 Å². The zero-order valence-electron chi connectivity index (χ0n) is 10.3. The summed E-state index contributed by atoms with van der Waals surface area (Å²) in [7, 11) is 0. The van der Waals surface area contributed by atoms with Crippen molar-refractivity contribution in [3.05, 3.63) is 60.4 Å². The van der Waals surface area contributed by atoms with Crippen LogP contribution in [0.4, 0.5) is 14.5 Å². The Morgan fingerprint density at radius 1 is 1.00 bits per heavy atom. The zero-order valence-corrected chi connectivity index (χ0v) is 10.3. The molecule has 0 radical (unpaired) electrons. The molecule has 0 fully saturated rings. The van der Waals surface area contributed by atoms with Crippen molar-refractivity contribution in [3.63, 3.8) is 0 Å². The Bertz CT molecular complexity index is 733. The molecule has 20 heavy (non-hydrogen) atoms. The molecule has 0 aliphatic heterocycles. The van der Waals surface area contributed by atoms with E-state index in [0.717, 1.165) is 12.1 Å². The first-order valence-corrected chi connectivity index (χ1v) is 5.88. The lowest BCUT2D eigenvalue weighted by molar-refractivity contribution is 0.588. The first-order valence-electron chi connectivity index (χ1n) is 5.88. The number of halogens is 2. The Labute approximate surface area is 113 Å². The molecule has 2 aromatic heterocycles. The van der Waals surface area contributed by atoms with Gasteiger partial charge in [-0.05, 0) is 24.3 Å². The number of aromatic nitrogens is 3. The molecule has 0 aliphatic rings. The number of anilines is 1. The Morgan fingerprint density at radius 2 is 1.75 bits per heavy atom. The predicted molar refractivity (Wildman–Crippen MR) is 71.1 cm³/mol. The maximum absolute atomic E-state index is 13.8. The van der Waals surface area contributed by atoms with E-state index in [1.807, 2.05) is 0 Å². The third-order valence-corrected chi connectivity index (χ3v) is 2.83. The summed E-state index contributed by atoms with van der Waals surface area (Å²) in [5, 5.41) is 4.12. The van der Waals surface area contributed by atoms with Crippen LogP contribution in [0, 0.1) is 11.6 Å². The minimum absolute atomic E-state index is 0.0613. The average Bonchev–Trinajstić information content (AvgIpc) is 2.82. The van der Waals surface area contributed by atoms with Gasteiger partial charge in [0.05, 0.1) is 17.4 Å². The monoisotopic (exact) mass is 272 g/mol. The van der Waals surface area contributed by atoms with Gasteiger partial charge in [0.25, 0.3) is 0 Å². The average molecular weight is 272 g/mol. The van der Waals surface area contributed by atoms with Gasteiger partial charge in [0.1, 0.15) is 17.3 Å². The van der Waals surface area contributed by atoms with Gasteiger partial charge in [-0.1, -0.05) is 12.1 Å². The van der Waals surface area contributed by atoms with Gasteiger partial charge < -0.3 is 5.73 Å². The van der Waals surface area contributed by atoms with E-state index in [9.17, 15) is 8.78 Å². The van der Waals surface area contributed by atoms with Crippen LogP contribution in [0.25, 0.3) is 17.1 Å². The van der Waals surface area contributed by atoms with Crippen molar-refractivity contribution in [2.45, 2.75) is 0 Å². The Kier molecular flexibility index (Phi) is 2.90. The number of nitrogens with two attached hydrogens (primary N) is 1. The molecule has 2 heterocycles. The van der Waals surface area contributed by atoms with Gasteiger partial charge in [-0.25, -0.2) is 18.4 Å². The van der Waals surface area contributed by atoms with Crippen molar-refractivity contribution in [1.29, 1.82) is 0 Å². The van der Waals surface area contributed by atoms with E-state index in [-0.39, 0.29) is 16.9 Å². The molecule has 3 aromatic rings. The van der Waals surface area contributed by atoms with Crippen LogP contribution in [-0.2, 0) is 0 Å². The smallest absolute Gasteiger partial charge is 0.153 e. The number of rotatable bonds is 2. The van der Waals surface area contributed by atoms with Crippen LogP contribution in [0.5, 0.6) is 0 Å². The van der Waals surface area contributed by atoms with Gasteiger partial charge in [0.15, 0.2) is 5.82 Å². The van der Waals surface area contributed by atoms with Crippen LogP contribution >= 0.6 is 0 Å². The number of hydrogen-bond donors (Lipinski definition) is 1. The van der Waals surface area contributed by atoms with Crippen LogP contribution in [0.3, 0.4) is 0 Å². The fourth-order valence-electron chi connectivity index (χ4n) is 1.91. The summed E-state index contributed by atoms with van der Waals surface area (Å²) < 4.78 is 28.9. The third kappa shape index (κ3) is 2.01. The van der Waals surface area contributed by atoms with E-state index < -0.39 is 11.6 Å². The van der Waals surface area contributed by atoms with Gasteiger partial charge in [-0.2, -0.15) is 5.10 Å². The van der Waals surface area contributed by atoms with E-state index in [1.165, 1.54) is 16.9 Å². The van der Waals surface area contributed by atoms with Crippen molar-refractivity contribution in [1.82, 2.24) is 14.8 Å². The lowest BCUT2D eigenvalue weighted by atomic mass is 10.1. The quantitative estimate of drug-likeness (QED) is 0.780. The molecular weight excluding hydrogens is 262 g/mol. The Morgan fingerprint density at radius 3 is 2.40 bits per heavy atom. The third-order valence-electron chi connectivity index (χ3n) is 2.83. The SMILES string of the molecule is Nc1cn(-c2ccccn2)nc1-c1c(F)cccc1F. The van der Waals surface area contributed by atoms with Crippen LogP contribution in [0.15, 0.2) is 48.8 Å². The molecule has 0 amide bonds. The standard InChI is InChI=1S/C14H10F2N4/c15-9-4-3-5-10(16)13(9)14-11(17)8-20(19-14)12-6-1-2-7-18-12/h1-8H,17H2. The second-order valence-corrected chi connectivity index (χ2v) is 4.16. The molecule has 0 saturated heterocycles. The van der Waals surface area contributed by atoms with Crippen molar-refractivity contribution < 1.29 is 8.78 Å². The molecule has 0 saturated carbocycles. The summed E-state index contributed by atoms with van der Waals surface area (Å²) in [4.78, 5) is 4.10. The van der Waals surface area contributed by atoms with Crippen molar-refractivity contribution >= 4 is 5.69 Å². The molecule has 3 rings (SSSR count). The van der Waals surface area contributed by atoms with Gasteiger partial charge in [-0.3, -0.25) is 0 Å². The molecule has 0 atom stereocenters. The molecule has 100 valence electrons. The minimum Gasteiger partial charge on any atom is -0.396 e. The van der Waals surface area contributed by atoms with Gasteiger partial charge >= 0.3 is 0 Å². The number of hydrogen-bond acceptors (Lipinski definition) is 3. The second-order valence-electron chi connectivity index (χ2n) is 4.16. The Balaban J connectivity index is 2.15. The van der Waals surface area contributed by atoms with Crippen molar-refractivity contribution in [2.75, 3.05) is 5.73 Å². The highest BCUT2D eigenvalue weighted by Gasteiger charge is 2.18. The number of nitrogens with zero attached hydrogens (tertiary/aromatic N) is 3. The summed E-state index contributed by atoms with van der Waals surface area (Å²) in [6.07, 6.45) is 3.07. The van der Waals surface area contributed by atoms with Gasteiger partial charge in [0.2, 0.25) is 0 Å². The molecule has 0 spiro atoms.